The molecule has 1 unspecified atom stereocenters. The van der Waals surface area contributed by atoms with Crippen LogP contribution in [-0.2, 0) is 16.1 Å². The molecule has 0 radical (unpaired) electrons. The van der Waals surface area contributed by atoms with Gasteiger partial charge in [0.1, 0.15) is 12.4 Å². The van der Waals surface area contributed by atoms with Crippen LogP contribution in [0.1, 0.15) is 24.4 Å². The fourth-order valence-electron chi connectivity index (χ4n) is 2.55. The number of hydrogen-bond donors (Lipinski definition) is 2. The van der Waals surface area contributed by atoms with Gasteiger partial charge in [0.15, 0.2) is 11.5 Å². The molecule has 11 nitrogen and oxygen atoms in total. The van der Waals surface area contributed by atoms with Gasteiger partial charge in [-0.15, -0.1) is 0 Å². The molecule has 0 aliphatic carbocycles. The number of amides is 1. The van der Waals surface area contributed by atoms with Gasteiger partial charge in [-0.05, 0) is 17.7 Å². The second kappa shape index (κ2) is 9.35. The standard InChI is InChI=1S/C17H20N4O7/c1-27-14-4-3-11(7-15(14)28-2)13(8-17(23)24)19-16(22)5-6-20-10-12(9-18-20)21(25)26/h3-4,7,9-10,13H,5-6,8H2,1-2H3,(H,19,22)(H,23,24). The van der Waals surface area contributed by atoms with Crippen molar-refractivity contribution in [2.45, 2.75) is 25.4 Å². The van der Waals surface area contributed by atoms with E-state index in [1.807, 2.05) is 0 Å². The van der Waals surface area contributed by atoms with Crippen LogP contribution in [0.4, 0.5) is 5.69 Å². The van der Waals surface area contributed by atoms with E-state index in [9.17, 15) is 19.7 Å². The number of benzene rings is 1. The average molecular weight is 392 g/mol. The van der Waals surface area contributed by atoms with Crippen molar-refractivity contribution in [1.29, 1.82) is 0 Å². The van der Waals surface area contributed by atoms with Crippen molar-refractivity contribution in [3.63, 3.8) is 0 Å². The van der Waals surface area contributed by atoms with E-state index in [0.29, 0.717) is 17.1 Å². The number of nitrogens with zero attached hydrogens (tertiary/aromatic N) is 3. The molecule has 1 aromatic carbocycles. The van der Waals surface area contributed by atoms with E-state index >= 15 is 0 Å². The van der Waals surface area contributed by atoms with E-state index in [0.717, 1.165) is 6.20 Å². The summed E-state index contributed by atoms with van der Waals surface area (Å²) in [7, 11) is 2.93. The third-order valence-corrected chi connectivity index (χ3v) is 3.92. The quantitative estimate of drug-likeness (QED) is 0.457. The van der Waals surface area contributed by atoms with E-state index in [4.69, 9.17) is 14.6 Å². The summed E-state index contributed by atoms with van der Waals surface area (Å²) in [6.07, 6.45) is 1.96. The fourth-order valence-corrected chi connectivity index (χ4v) is 2.55. The summed E-state index contributed by atoms with van der Waals surface area (Å²) in [5, 5.41) is 26.3. The van der Waals surface area contributed by atoms with Crippen LogP contribution in [0.5, 0.6) is 11.5 Å². The van der Waals surface area contributed by atoms with E-state index in [1.165, 1.54) is 25.1 Å². The summed E-state index contributed by atoms with van der Waals surface area (Å²) in [5.41, 5.74) is 0.373. The second-order valence-electron chi connectivity index (χ2n) is 5.80. The molecule has 2 N–H and O–H groups in total. The van der Waals surface area contributed by atoms with Crippen molar-refractivity contribution in [2.24, 2.45) is 0 Å². The van der Waals surface area contributed by atoms with Crippen LogP contribution in [0.2, 0.25) is 0 Å². The molecule has 0 saturated heterocycles. The lowest BCUT2D eigenvalue weighted by molar-refractivity contribution is -0.385. The number of carboxylic acids is 1. The van der Waals surface area contributed by atoms with Gasteiger partial charge in [-0.3, -0.25) is 24.4 Å². The summed E-state index contributed by atoms with van der Waals surface area (Å²) in [6, 6.07) is 4.09. The van der Waals surface area contributed by atoms with E-state index in [2.05, 4.69) is 10.4 Å². The highest BCUT2D eigenvalue weighted by atomic mass is 16.6. The Hall–Kier alpha value is -3.63. The predicted molar refractivity (Wildman–Crippen MR) is 96.2 cm³/mol. The number of nitro groups is 1. The number of aromatic nitrogens is 2. The van der Waals surface area contributed by atoms with Crippen molar-refractivity contribution < 1.29 is 29.1 Å². The first-order chi connectivity index (χ1) is 13.3. The monoisotopic (exact) mass is 392 g/mol. The lowest BCUT2D eigenvalue weighted by Gasteiger charge is -2.19. The minimum absolute atomic E-state index is 0.0256. The van der Waals surface area contributed by atoms with Crippen LogP contribution in [0.3, 0.4) is 0 Å². The van der Waals surface area contributed by atoms with Crippen LogP contribution in [0.25, 0.3) is 0 Å². The fraction of sp³-hybridized carbons (Fsp3) is 0.353. The van der Waals surface area contributed by atoms with Gasteiger partial charge in [0.2, 0.25) is 5.91 Å². The van der Waals surface area contributed by atoms with Crippen LogP contribution in [-0.4, -0.2) is 45.9 Å². The zero-order valence-electron chi connectivity index (χ0n) is 15.3. The Morgan fingerprint density at radius 2 is 2.04 bits per heavy atom. The van der Waals surface area contributed by atoms with Gasteiger partial charge < -0.3 is 19.9 Å². The summed E-state index contributed by atoms with van der Waals surface area (Å²) in [4.78, 5) is 33.5. The minimum Gasteiger partial charge on any atom is -0.493 e. The summed E-state index contributed by atoms with van der Waals surface area (Å²) in [6.45, 7) is 0.116. The first-order valence-corrected chi connectivity index (χ1v) is 8.24. The second-order valence-corrected chi connectivity index (χ2v) is 5.80. The number of aryl methyl sites for hydroxylation is 1. The molecule has 1 heterocycles. The molecule has 28 heavy (non-hydrogen) atoms. The van der Waals surface area contributed by atoms with Crippen molar-refractivity contribution >= 4 is 17.6 Å². The number of rotatable bonds is 10. The van der Waals surface area contributed by atoms with E-state index < -0.39 is 22.8 Å². The van der Waals surface area contributed by atoms with Gasteiger partial charge in [0.25, 0.3) is 0 Å². The largest absolute Gasteiger partial charge is 0.493 e. The number of ether oxygens (including phenoxy) is 2. The zero-order chi connectivity index (χ0) is 20.7. The molecule has 1 amide bonds. The molecule has 1 aromatic heterocycles. The third-order valence-electron chi connectivity index (χ3n) is 3.92. The summed E-state index contributed by atoms with van der Waals surface area (Å²) in [5.74, 6) is -0.609. The van der Waals surface area contributed by atoms with Gasteiger partial charge in [-0.1, -0.05) is 6.07 Å². The van der Waals surface area contributed by atoms with Crippen molar-refractivity contribution in [3.05, 3.63) is 46.3 Å². The first-order valence-electron chi connectivity index (χ1n) is 8.24. The summed E-state index contributed by atoms with van der Waals surface area (Å²) >= 11 is 0. The zero-order valence-corrected chi connectivity index (χ0v) is 15.3. The van der Waals surface area contributed by atoms with E-state index in [1.54, 1.807) is 18.2 Å². The maximum absolute atomic E-state index is 12.3. The number of aliphatic carboxylic acids is 1. The molecule has 0 saturated carbocycles. The van der Waals surface area contributed by atoms with Gasteiger partial charge in [0.05, 0.1) is 31.6 Å². The normalized spacial score (nSPS) is 11.5. The van der Waals surface area contributed by atoms with Crippen LogP contribution < -0.4 is 14.8 Å². The molecule has 0 spiro atoms. The van der Waals surface area contributed by atoms with Crippen LogP contribution >= 0.6 is 0 Å². The Kier molecular flexibility index (Phi) is 6.90. The molecule has 2 rings (SSSR count). The highest BCUT2D eigenvalue weighted by molar-refractivity contribution is 5.77. The van der Waals surface area contributed by atoms with Gasteiger partial charge >= 0.3 is 11.7 Å². The molecule has 0 aliphatic heterocycles. The average Bonchev–Trinajstić information content (AvgIpc) is 3.14. The molecule has 0 bridgehead atoms. The van der Waals surface area contributed by atoms with E-state index in [-0.39, 0.29) is 25.1 Å². The van der Waals surface area contributed by atoms with Crippen molar-refractivity contribution in [2.75, 3.05) is 14.2 Å². The highest BCUT2D eigenvalue weighted by Crippen LogP contribution is 2.31. The predicted octanol–water partition coefficient (Wildman–Crippen LogP) is 1.53. The van der Waals surface area contributed by atoms with Crippen molar-refractivity contribution in [3.8, 4) is 11.5 Å². The number of hydrogen-bond acceptors (Lipinski definition) is 7. The maximum Gasteiger partial charge on any atom is 0.306 e. The number of carbonyl (C=O) groups is 2. The SMILES string of the molecule is COc1ccc(C(CC(=O)O)NC(=O)CCn2cc([N+](=O)[O-])cn2)cc1OC. The third kappa shape index (κ3) is 5.43. The van der Waals surface area contributed by atoms with Crippen molar-refractivity contribution in [1.82, 2.24) is 15.1 Å². The maximum atomic E-state index is 12.3. The Labute approximate surface area is 160 Å². The van der Waals surface area contributed by atoms with Crippen LogP contribution in [0, 0.1) is 10.1 Å². The molecule has 0 fully saturated rings. The highest BCUT2D eigenvalue weighted by Gasteiger charge is 2.20. The lowest BCUT2D eigenvalue weighted by atomic mass is 10.0. The Bertz CT molecular complexity index is 865. The molecular weight excluding hydrogens is 372 g/mol. The van der Waals surface area contributed by atoms with Gasteiger partial charge in [0, 0.05) is 13.0 Å². The number of nitrogens with one attached hydrogen (secondary N) is 1. The minimum atomic E-state index is -1.08. The topological polar surface area (TPSA) is 146 Å². The smallest absolute Gasteiger partial charge is 0.306 e. The lowest BCUT2D eigenvalue weighted by Crippen LogP contribution is -2.30. The number of carboxylic acid groups (broad SMARTS) is 1. The Morgan fingerprint density at radius 1 is 1.32 bits per heavy atom. The first kappa shape index (κ1) is 20.7. The molecule has 2 aromatic rings. The number of carbonyl (C=O) groups excluding carboxylic acids is 1. The Morgan fingerprint density at radius 3 is 2.61 bits per heavy atom. The summed E-state index contributed by atoms with van der Waals surface area (Å²) < 4.78 is 11.6. The molecule has 150 valence electrons. The molecule has 11 heteroatoms. The van der Waals surface area contributed by atoms with Gasteiger partial charge in [-0.2, -0.15) is 5.10 Å². The molecule has 0 aliphatic rings. The van der Waals surface area contributed by atoms with Gasteiger partial charge in [-0.25, -0.2) is 0 Å². The Balaban J connectivity index is 2.07. The molecule has 1 atom stereocenters. The van der Waals surface area contributed by atoms with Crippen LogP contribution in [0.15, 0.2) is 30.6 Å². The molecular formula is C17H20N4O7. The number of methoxy groups -OCH3 is 2.